The number of carbonyl (C=O) groups is 3. The Labute approximate surface area is 170 Å². The highest BCUT2D eigenvalue weighted by Crippen LogP contribution is 2.30. The molecule has 150 valence electrons. The van der Waals surface area contributed by atoms with Crippen LogP contribution in [-0.4, -0.2) is 46.3 Å². The molecule has 0 bridgehead atoms. The fraction of sp³-hybridized carbons (Fsp3) is 0.348. The van der Waals surface area contributed by atoms with E-state index >= 15 is 0 Å². The van der Waals surface area contributed by atoms with Crippen molar-refractivity contribution in [1.29, 1.82) is 0 Å². The first-order valence-electron chi connectivity index (χ1n) is 9.94. The van der Waals surface area contributed by atoms with Gasteiger partial charge in [-0.05, 0) is 44.4 Å². The van der Waals surface area contributed by atoms with Crippen molar-refractivity contribution in [3.63, 3.8) is 0 Å². The van der Waals surface area contributed by atoms with Gasteiger partial charge in [-0.15, -0.1) is 0 Å². The number of carbonyl (C=O) groups excluding carboxylic acids is 3. The van der Waals surface area contributed by atoms with Crippen molar-refractivity contribution in [2.75, 3.05) is 13.1 Å². The van der Waals surface area contributed by atoms with Gasteiger partial charge in [0.2, 0.25) is 0 Å². The molecule has 0 aromatic heterocycles. The van der Waals surface area contributed by atoms with Gasteiger partial charge in [-0.25, -0.2) is 4.79 Å². The Morgan fingerprint density at radius 2 is 1.62 bits per heavy atom. The molecule has 2 aliphatic rings. The van der Waals surface area contributed by atoms with Crippen molar-refractivity contribution in [2.24, 2.45) is 0 Å². The van der Waals surface area contributed by atoms with E-state index in [1.165, 1.54) is 4.90 Å². The number of imide groups is 1. The van der Waals surface area contributed by atoms with Gasteiger partial charge in [-0.1, -0.05) is 47.5 Å². The second kappa shape index (κ2) is 7.35. The van der Waals surface area contributed by atoms with Crippen LogP contribution in [0.3, 0.4) is 0 Å². The van der Waals surface area contributed by atoms with Crippen molar-refractivity contribution in [1.82, 2.24) is 15.1 Å². The SMILES string of the molecule is Cc1ccc(CN2C(=O)NC3(CCCN(C(=O)c4ccc(C)cc4)C3)C2=O)cc1. The Balaban J connectivity index is 1.52. The van der Waals surface area contributed by atoms with Gasteiger partial charge in [0, 0.05) is 12.1 Å². The minimum absolute atomic E-state index is 0.108. The van der Waals surface area contributed by atoms with Gasteiger partial charge in [0.15, 0.2) is 0 Å². The molecule has 6 nitrogen and oxygen atoms in total. The second-order valence-corrected chi connectivity index (χ2v) is 8.09. The zero-order valence-corrected chi connectivity index (χ0v) is 16.8. The Morgan fingerprint density at radius 3 is 2.28 bits per heavy atom. The van der Waals surface area contributed by atoms with Gasteiger partial charge in [0.05, 0.1) is 13.1 Å². The monoisotopic (exact) mass is 391 g/mol. The van der Waals surface area contributed by atoms with Crippen LogP contribution in [0.2, 0.25) is 0 Å². The first-order valence-corrected chi connectivity index (χ1v) is 9.94. The summed E-state index contributed by atoms with van der Waals surface area (Å²) in [5, 5.41) is 2.89. The molecule has 4 amide bonds. The van der Waals surface area contributed by atoms with Crippen LogP contribution in [0, 0.1) is 13.8 Å². The van der Waals surface area contributed by atoms with E-state index in [1.54, 1.807) is 17.0 Å². The van der Waals surface area contributed by atoms with Gasteiger partial charge in [-0.2, -0.15) is 0 Å². The zero-order chi connectivity index (χ0) is 20.6. The number of nitrogens with zero attached hydrogens (tertiary/aromatic N) is 2. The summed E-state index contributed by atoms with van der Waals surface area (Å²) in [6, 6.07) is 14.8. The van der Waals surface area contributed by atoms with E-state index in [0.717, 1.165) is 16.7 Å². The highest BCUT2D eigenvalue weighted by molar-refractivity contribution is 6.07. The molecule has 2 saturated heterocycles. The van der Waals surface area contributed by atoms with Crippen LogP contribution < -0.4 is 5.32 Å². The van der Waals surface area contributed by atoms with Crippen LogP contribution in [0.5, 0.6) is 0 Å². The number of hydrogen-bond acceptors (Lipinski definition) is 3. The fourth-order valence-corrected chi connectivity index (χ4v) is 4.08. The number of amides is 4. The first-order chi connectivity index (χ1) is 13.9. The highest BCUT2D eigenvalue weighted by atomic mass is 16.2. The van der Waals surface area contributed by atoms with E-state index < -0.39 is 5.54 Å². The lowest BCUT2D eigenvalue weighted by atomic mass is 9.88. The molecule has 1 spiro atoms. The van der Waals surface area contributed by atoms with Crippen molar-refractivity contribution in [2.45, 2.75) is 38.8 Å². The maximum atomic E-state index is 13.2. The van der Waals surface area contributed by atoms with Gasteiger partial charge in [-0.3, -0.25) is 14.5 Å². The number of piperidine rings is 1. The van der Waals surface area contributed by atoms with Crippen LogP contribution in [0.4, 0.5) is 4.79 Å². The number of benzene rings is 2. The molecule has 4 rings (SSSR count). The molecule has 2 aromatic carbocycles. The predicted molar refractivity (Wildman–Crippen MR) is 109 cm³/mol. The van der Waals surface area contributed by atoms with E-state index in [0.29, 0.717) is 24.9 Å². The average molecular weight is 391 g/mol. The van der Waals surface area contributed by atoms with E-state index in [4.69, 9.17) is 0 Å². The molecule has 29 heavy (non-hydrogen) atoms. The van der Waals surface area contributed by atoms with Gasteiger partial charge in [0.25, 0.3) is 11.8 Å². The van der Waals surface area contributed by atoms with Gasteiger partial charge in [0.1, 0.15) is 5.54 Å². The molecule has 0 aliphatic carbocycles. The molecule has 1 unspecified atom stereocenters. The molecule has 1 atom stereocenters. The lowest BCUT2D eigenvalue weighted by Crippen LogP contribution is -2.59. The summed E-state index contributed by atoms with van der Waals surface area (Å²) in [5.41, 5.74) is 2.68. The summed E-state index contributed by atoms with van der Waals surface area (Å²) >= 11 is 0. The average Bonchev–Trinajstić information content (AvgIpc) is 2.93. The Morgan fingerprint density at radius 1 is 1.00 bits per heavy atom. The van der Waals surface area contributed by atoms with Crippen molar-refractivity contribution in [3.8, 4) is 0 Å². The number of hydrogen-bond donors (Lipinski definition) is 1. The van der Waals surface area contributed by atoms with Crippen LogP contribution in [0.1, 0.15) is 39.9 Å². The normalized spacial score (nSPS) is 21.6. The summed E-state index contributed by atoms with van der Waals surface area (Å²) in [6.07, 6.45) is 1.21. The summed E-state index contributed by atoms with van der Waals surface area (Å²) in [7, 11) is 0. The largest absolute Gasteiger partial charge is 0.336 e. The number of rotatable bonds is 3. The third-order valence-corrected chi connectivity index (χ3v) is 5.79. The minimum Gasteiger partial charge on any atom is -0.336 e. The fourth-order valence-electron chi connectivity index (χ4n) is 4.08. The smallest absolute Gasteiger partial charge is 0.325 e. The van der Waals surface area contributed by atoms with Crippen LogP contribution >= 0.6 is 0 Å². The van der Waals surface area contributed by atoms with Gasteiger partial charge < -0.3 is 10.2 Å². The standard InChI is InChI=1S/C23H25N3O3/c1-16-4-8-18(9-5-16)14-26-21(28)23(24-22(26)29)12-3-13-25(15-23)20(27)19-10-6-17(2)7-11-19/h4-11H,3,12-15H2,1-2H3,(H,24,29). The Bertz CT molecular complexity index is 952. The molecule has 2 heterocycles. The molecule has 0 radical (unpaired) electrons. The van der Waals surface area contributed by atoms with Crippen LogP contribution in [-0.2, 0) is 11.3 Å². The van der Waals surface area contributed by atoms with Gasteiger partial charge >= 0.3 is 6.03 Å². The zero-order valence-electron chi connectivity index (χ0n) is 16.8. The van der Waals surface area contributed by atoms with E-state index in [1.807, 2.05) is 50.2 Å². The van der Waals surface area contributed by atoms with Crippen molar-refractivity contribution < 1.29 is 14.4 Å². The van der Waals surface area contributed by atoms with E-state index in [9.17, 15) is 14.4 Å². The molecular weight excluding hydrogens is 366 g/mol. The second-order valence-electron chi connectivity index (χ2n) is 8.09. The molecule has 0 saturated carbocycles. The lowest BCUT2D eigenvalue weighted by molar-refractivity contribution is -0.133. The number of likely N-dealkylation sites (tertiary alicyclic amines) is 1. The molecular formula is C23H25N3O3. The lowest BCUT2D eigenvalue weighted by Gasteiger charge is -2.38. The summed E-state index contributed by atoms with van der Waals surface area (Å²) in [6.45, 7) is 4.98. The molecule has 1 N–H and O–H groups in total. The summed E-state index contributed by atoms with van der Waals surface area (Å²) < 4.78 is 0. The minimum atomic E-state index is -1.03. The van der Waals surface area contributed by atoms with E-state index in [2.05, 4.69) is 5.32 Å². The number of aryl methyl sites for hydroxylation is 2. The Hall–Kier alpha value is -3.15. The predicted octanol–water partition coefficient (Wildman–Crippen LogP) is 3.03. The van der Waals surface area contributed by atoms with Crippen LogP contribution in [0.15, 0.2) is 48.5 Å². The molecule has 6 heteroatoms. The molecule has 2 aliphatic heterocycles. The summed E-state index contributed by atoms with van der Waals surface area (Å²) in [5.74, 6) is -0.354. The van der Waals surface area contributed by atoms with Crippen LogP contribution in [0.25, 0.3) is 0 Å². The highest BCUT2D eigenvalue weighted by Gasteiger charge is 2.53. The Kier molecular flexibility index (Phi) is 4.86. The van der Waals surface area contributed by atoms with Crippen molar-refractivity contribution in [3.05, 3.63) is 70.8 Å². The topological polar surface area (TPSA) is 69.7 Å². The number of nitrogens with one attached hydrogen (secondary N) is 1. The molecule has 2 fully saturated rings. The first kappa shape index (κ1) is 19.2. The number of urea groups is 1. The molecule has 2 aromatic rings. The third kappa shape index (κ3) is 3.62. The maximum Gasteiger partial charge on any atom is 0.325 e. The van der Waals surface area contributed by atoms with E-state index in [-0.39, 0.29) is 30.9 Å². The van der Waals surface area contributed by atoms with Crippen molar-refractivity contribution >= 4 is 17.8 Å². The summed E-state index contributed by atoms with van der Waals surface area (Å²) in [4.78, 5) is 41.7. The third-order valence-electron chi connectivity index (χ3n) is 5.79. The maximum absolute atomic E-state index is 13.2. The quantitative estimate of drug-likeness (QED) is 0.818.